The topological polar surface area (TPSA) is 49.3 Å². The first-order valence-corrected chi connectivity index (χ1v) is 13.6. The third-order valence-corrected chi connectivity index (χ3v) is 5.95. The van der Waals surface area contributed by atoms with Crippen LogP contribution in [0.2, 0.25) is 0 Å². The Kier molecular flexibility index (Phi) is 24.7. The number of aliphatic hydroxyl groups is 1. The molecule has 2 N–H and O–H groups in total. The molecule has 1 radical (unpaired) electrons. The molecule has 0 saturated heterocycles. The van der Waals surface area contributed by atoms with Gasteiger partial charge in [-0.25, -0.2) is 0 Å². The smallest absolute Gasteiger partial charge is 0.220 e. The van der Waals surface area contributed by atoms with Gasteiger partial charge in [0.25, 0.3) is 0 Å². The highest BCUT2D eigenvalue weighted by molar-refractivity contribution is 5.77. The van der Waals surface area contributed by atoms with Gasteiger partial charge in [-0.15, -0.1) is 0 Å². The van der Waals surface area contributed by atoms with E-state index in [9.17, 15) is 4.79 Å². The Morgan fingerprint density at radius 1 is 0.613 bits per heavy atom. The van der Waals surface area contributed by atoms with Gasteiger partial charge in [0.05, 0.1) is 6.04 Å². The van der Waals surface area contributed by atoms with E-state index in [1.54, 1.807) is 0 Å². The number of allylic oxidation sites excluding steroid dienone is 2. The Morgan fingerprint density at radius 2 is 1.10 bits per heavy atom. The molecule has 0 rings (SSSR count). The molecule has 0 saturated carbocycles. The van der Waals surface area contributed by atoms with Crippen LogP contribution in [0.1, 0.15) is 149 Å². The molecule has 3 heteroatoms. The van der Waals surface area contributed by atoms with Crippen molar-refractivity contribution in [1.82, 2.24) is 5.32 Å². The summed E-state index contributed by atoms with van der Waals surface area (Å²) in [5, 5.41) is 12.0. The molecule has 0 fully saturated rings. The van der Waals surface area contributed by atoms with E-state index in [-0.39, 0.29) is 12.5 Å². The molecule has 31 heavy (non-hydrogen) atoms. The fourth-order valence-electron chi connectivity index (χ4n) is 4.01. The largest absolute Gasteiger partial charge is 0.396 e. The minimum absolute atomic E-state index is 0.117. The highest BCUT2D eigenvalue weighted by Crippen LogP contribution is 2.13. The summed E-state index contributed by atoms with van der Waals surface area (Å²) in [4.78, 5) is 12.0. The van der Waals surface area contributed by atoms with Crippen molar-refractivity contribution in [3.63, 3.8) is 0 Å². The van der Waals surface area contributed by atoms with E-state index in [1.165, 1.54) is 96.3 Å². The maximum Gasteiger partial charge on any atom is 0.220 e. The molecule has 0 aliphatic rings. The van der Waals surface area contributed by atoms with Crippen LogP contribution in [0.15, 0.2) is 12.2 Å². The van der Waals surface area contributed by atoms with E-state index in [0.717, 1.165) is 31.7 Å². The van der Waals surface area contributed by atoms with Gasteiger partial charge in [-0.1, -0.05) is 109 Å². The van der Waals surface area contributed by atoms with Crippen LogP contribution in [0.3, 0.4) is 0 Å². The van der Waals surface area contributed by atoms with Crippen molar-refractivity contribution in [2.75, 3.05) is 6.61 Å². The molecule has 0 aromatic carbocycles. The van der Waals surface area contributed by atoms with Gasteiger partial charge in [-0.2, -0.15) is 0 Å². The van der Waals surface area contributed by atoms with Crippen molar-refractivity contribution in [1.29, 1.82) is 0 Å². The first kappa shape index (κ1) is 30.2. The standard InChI is InChI=1S/C28H54NO2/c1-3-5-6-7-8-9-10-11-12-13-14-15-16-17-18-19-20-21-22-24-28(31)29-27(23-4-2)25-26-30/h11-12,30H,3-10,13-26H2,1-2H3,(H,29,31)/b12-11-. The molecule has 0 aliphatic heterocycles. The third kappa shape index (κ3) is 23.7. The Hall–Kier alpha value is -0.830. The number of unbranched alkanes of at least 4 members (excludes halogenated alkanes) is 15. The number of aliphatic hydroxyl groups excluding tert-OH is 1. The van der Waals surface area contributed by atoms with E-state index in [1.807, 2.05) is 0 Å². The summed E-state index contributed by atoms with van der Waals surface area (Å²) in [6.07, 6.45) is 30.2. The van der Waals surface area contributed by atoms with Gasteiger partial charge in [0.15, 0.2) is 0 Å². The maximum atomic E-state index is 12.0. The van der Waals surface area contributed by atoms with Crippen molar-refractivity contribution < 1.29 is 9.90 Å². The van der Waals surface area contributed by atoms with E-state index < -0.39 is 0 Å². The van der Waals surface area contributed by atoms with Gasteiger partial charge in [-0.05, 0) is 44.9 Å². The number of carbonyl (C=O) groups excluding carboxylic acids is 1. The van der Waals surface area contributed by atoms with Crippen LogP contribution in [0.5, 0.6) is 0 Å². The molecule has 1 amide bonds. The average Bonchev–Trinajstić information content (AvgIpc) is 2.75. The van der Waals surface area contributed by atoms with Crippen molar-refractivity contribution in [2.24, 2.45) is 0 Å². The summed E-state index contributed by atoms with van der Waals surface area (Å²) in [5.74, 6) is 0.123. The predicted molar refractivity (Wildman–Crippen MR) is 136 cm³/mol. The lowest BCUT2D eigenvalue weighted by Crippen LogP contribution is -2.28. The minimum atomic E-state index is 0.117. The van der Waals surface area contributed by atoms with Gasteiger partial charge in [0.2, 0.25) is 5.91 Å². The van der Waals surface area contributed by atoms with Gasteiger partial charge in [0, 0.05) is 13.0 Å². The molecule has 0 bridgehead atoms. The third-order valence-electron chi connectivity index (χ3n) is 5.95. The molecule has 0 unspecified atom stereocenters. The number of hydrogen-bond donors (Lipinski definition) is 2. The van der Waals surface area contributed by atoms with Crippen molar-refractivity contribution >= 4 is 5.91 Å². The normalized spacial score (nSPS) is 11.6. The lowest BCUT2D eigenvalue weighted by atomic mass is 10.0. The zero-order chi connectivity index (χ0) is 22.8. The first-order chi connectivity index (χ1) is 15.2. The Bertz CT molecular complexity index is 388. The van der Waals surface area contributed by atoms with Crippen molar-refractivity contribution in [2.45, 2.75) is 149 Å². The first-order valence-electron chi connectivity index (χ1n) is 13.6. The van der Waals surface area contributed by atoms with Gasteiger partial charge < -0.3 is 10.4 Å². The summed E-state index contributed by atoms with van der Waals surface area (Å²) in [7, 11) is 0. The van der Waals surface area contributed by atoms with Crippen LogP contribution >= 0.6 is 0 Å². The number of amides is 1. The minimum Gasteiger partial charge on any atom is -0.396 e. The predicted octanol–water partition coefficient (Wildman–Crippen LogP) is 8.41. The second-order valence-corrected chi connectivity index (χ2v) is 9.12. The molecule has 0 aliphatic carbocycles. The highest BCUT2D eigenvalue weighted by atomic mass is 16.3. The lowest BCUT2D eigenvalue weighted by Gasteiger charge is -2.15. The van der Waals surface area contributed by atoms with Crippen molar-refractivity contribution in [3.05, 3.63) is 18.2 Å². The zero-order valence-corrected chi connectivity index (χ0v) is 21.1. The fraction of sp³-hybridized carbons (Fsp3) is 0.857. The van der Waals surface area contributed by atoms with Gasteiger partial charge in [0.1, 0.15) is 0 Å². The Morgan fingerprint density at radius 3 is 1.58 bits per heavy atom. The van der Waals surface area contributed by atoms with Crippen LogP contribution < -0.4 is 5.32 Å². The number of rotatable bonds is 24. The zero-order valence-electron chi connectivity index (χ0n) is 21.1. The van der Waals surface area contributed by atoms with E-state index in [2.05, 4.69) is 31.3 Å². The van der Waals surface area contributed by atoms with Gasteiger partial charge in [-0.3, -0.25) is 4.79 Å². The summed E-state index contributed by atoms with van der Waals surface area (Å²) in [6, 6.07) is 0.989. The molecular formula is C28H54NO2. The number of hydrogen-bond acceptors (Lipinski definition) is 2. The second-order valence-electron chi connectivity index (χ2n) is 9.12. The summed E-state index contributed by atoms with van der Waals surface area (Å²) >= 11 is 0. The molecule has 0 aromatic rings. The Labute approximate surface area is 194 Å². The fourth-order valence-corrected chi connectivity index (χ4v) is 4.01. The quantitative estimate of drug-likeness (QED) is 0.118. The van der Waals surface area contributed by atoms with Crippen LogP contribution in [-0.2, 0) is 4.79 Å². The van der Waals surface area contributed by atoms with Crippen molar-refractivity contribution in [3.8, 4) is 0 Å². The average molecular weight is 437 g/mol. The summed E-state index contributed by atoms with van der Waals surface area (Å²) < 4.78 is 0. The molecule has 3 nitrogen and oxygen atoms in total. The van der Waals surface area contributed by atoms with E-state index >= 15 is 0 Å². The van der Waals surface area contributed by atoms with Crippen LogP contribution in [0, 0.1) is 6.04 Å². The summed E-state index contributed by atoms with van der Waals surface area (Å²) in [6.45, 7) is 4.49. The maximum absolute atomic E-state index is 12.0. The van der Waals surface area contributed by atoms with Gasteiger partial charge >= 0.3 is 0 Å². The second kappa shape index (κ2) is 25.4. The van der Waals surface area contributed by atoms with Crippen LogP contribution in [0.4, 0.5) is 0 Å². The highest BCUT2D eigenvalue weighted by Gasteiger charge is 2.11. The number of nitrogens with one attached hydrogen (secondary N) is 1. The molecular weight excluding hydrogens is 382 g/mol. The van der Waals surface area contributed by atoms with E-state index in [4.69, 9.17) is 5.11 Å². The SMILES string of the molecule is CCCCCCCC/C=C\CCCCCCCCCCCC(=O)N[C](CCC)CCO. The monoisotopic (exact) mass is 436 g/mol. The summed E-state index contributed by atoms with van der Waals surface area (Å²) in [5.41, 5.74) is 0. The molecule has 0 aromatic heterocycles. The van der Waals surface area contributed by atoms with E-state index in [0.29, 0.717) is 12.8 Å². The molecule has 0 atom stereocenters. The molecule has 0 heterocycles. The Balaban J connectivity index is 3.30. The lowest BCUT2D eigenvalue weighted by molar-refractivity contribution is -0.121. The van der Waals surface area contributed by atoms with Crippen LogP contribution in [-0.4, -0.2) is 17.6 Å². The van der Waals surface area contributed by atoms with Crippen LogP contribution in [0.25, 0.3) is 0 Å². The number of carbonyl (C=O) groups is 1. The molecule has 0 spiro atoms. The molecule has 183 valence electrons.